The number of nitriles is 1. The third kappa shape index (κ3) is 2.11. The maximum absolute atomic E-state index is 8.96. The van der Waals surface area contributed by atoms with Crippen LogP contribution in [0.4, 0.5) is 11.5 Å². The highest BCUT2D eigenvalue weighted by atomic mass is 16.5. The Morgan fingerprint density at radius 3 is 3.05 bits per heavy atom. The average molecular weight is 250 g/mol. The Hall–Kier alpha value is -2.87. The highest BCUT2D eigenvalue weighted by molar-refractivity contribution is 5.85. The van der Waals surface area contributed by atoms with E-state index in [-0.39, 0.29) is 0 Å². The number of benzene rings is 1. The molecular weight excluding hydrogens is 240 g/mol. The van der Waals surface area contributed by atoms with Gasteiger partial charge in [0.15, 0.2) is 16.9 Å². The molecule has 0 radical (unpaired) electrons. The van der Waals surface area contributed by atoms with Crippen LogP contribution in [0.3, 0.4) is 0 Å². The van der Waals surface area contributed by atoms with Gasteiger partial charge in [0.05, 0.1) is 11.6 Å². The van der Waals surface area contributed by atoms with E-state index in [2.05, 4.69) is 21.5 Å². The molecule has 1 aromatic carbocycles. The van der Waals surface area contributed by atoms with E-state index < -0.39 is 0 Å². The molecule has 19 heavy (non-hydrogen) atoms. The summed E-state index contributed by atoms with van der Waals surface area (Å²) in [6, 6.07) is 11.2. The fraction of sp³-hybridized carbons (Fsp3) is 0.0714. The van der Waals surface area contributed by atoms with Crippen LogP contribution >= 0.6 is 0 Å². The maximum Gasteiger partial charge on any atom is 0.200 e. The van der Waals surface area contributed by atoms with Crippen molar-refractivity contribution in [1.82, 2.24) is 10.1 Å². The highest BCUT2D eigenvalue weighted by Gasteiger charge is 2.09. The van der Waals surface area contributed by atoms with Gasteiger partial charge in [-0.15, -0.1) is 0 Å². The van der Waals surface area contributed by atoms with Crippen molar-refractivity contribution in [1.29, 1.82) is 5.26 Å². The van der Waals surface area contributed by atoms with Gasteiger partial charge in [0, 0.05) is 11.9 Å². The first-order chi connectivity index (χ1) is 9.26. The van der Waals surface area contributed by atoms with Crippen molar-refractivity contribution in [2.75, 3.05) is 5.32 Å². The Kier molecular flexibility index (Phi) is 2.62. The lowest BCUT2D eigenvalue weighted by molar-refractivity contribution is 0.460. The van der Waals surface area contributed by atoms with Gasteiger partial charge in [-0.2, -0.15) is 5.26 Å². The van der Waals surface area contributed by atoms with E-state index in [1.807, 2.05) is 19.1 Å². The molecule has 0 unspecified atom stereocenters. The smallest absolute Gasteiger partial charge is 0.200 e. The predicted molar refractivity (Wildman–Crippen MR) is 71.0 cm³/mol. The standard InChI is InChI=1S/C14H10N4O/c1-9-5-10(8-15)7-11(6-9)17-14-13-12(19-18-14)3-2-4-16-13/h2-7H,1H3,(H,17,18). The van der Waals surface area contributed by atoms with Gasteiger partial charge in [-0.05, 0) is 42.8 Å². The summed E-state index contributed by atoms with van der Waals surface area (Å²) in [5, 5.41) is 16.0. The Morgan fingerprint density at radius 2 is 2.21 bits per heavy atom. The minimum atomic E-state index is 0.546. The number of rotatable bonds is 2. The number of fused-ring (bicyclic) bond motifs is 1. The van der Waals surface area contributed by atoms with Crippen LogP contribution in [0.15, 0.2) is 41.1 Å². The molecule has 0 atom stereocenters. The quantitative estimate of drug-likeness (QED) is 0.756. The molecule has 5 nitrogen and oxygen atoms in total. The monoisotopic (exact) mass is 250 g/mol. The molecule has 2 heterocycles. The van der Waals surface area contributed by atoms with Crippen molar-refractivity contribution in [2.24, 2.45) is 0 Å². The first-order valence-electron chi connectivity index (χ1n) is 5.75. The van der Waals surface area contributed by atoms with Crippen LogP contribution in [-0.2, 0) is 0 Å². The number of hydrogen-bond donors (Lipinski definition) is 1. The van der Waals surface area contributed by atoms with Gasteiger partial charge in [0.2, 0.25) is 0 Å². The zero-order valence-corrected chi connectivity index (χ0v) is 10.2. The first kappa shape index (κ1) is 11.2. The SMILES string of the molecule is Cc1cc(C#N)cc(Nc2noc3cccnc23)c1. The maximum atomic E-state index is 8.96. The molecule has 0 aliphatic carbocycles. The Bertz CT molecular complexity index is 785. The van der Waals surface area contributed by atoms with E-state index in [0.29, 0.717) is 22.5 Å². The second-order valence-electron chi connectivity index (χ2n) is 4.21. The summed E-state index contributed by atoms with van der Waals surface area (Å²) in [4.78, 5) is 4.22. The predicted octanol–water partition coefficient (Wildman–Crippen LogP) is 3.15. The van der Waals surface area contributed by atoms with E-state index in [4.69, 9.17) is 9.78 Å². The van der Waals surface area contributed by atoms with Gasteiger partial charge < -0.3 is 9.84 Å². The lowest BCUT2D eigenvalue weighted by atomic mass is 10.1. The van der Waals surface area contributed by atoms with E-state index in [1.54, 1.807) is 24.4 Å². The topological polar surface area (TPSA) is 74.7 Å². The zero-order chi connectivity index (χ0) is 13.2. The van der Waals surface area contributed by atoms with Crippen LogP contribution < -0.4 is 5.32 Å². The minimum absolute atomic E-state index is 0.546. The van der Waals surface area contributed by atoms with Gasteiger partial charge in [0.1, 0.15) is 0 Å². The van der Waals surface area contributed by atoms with Gasteiger partial charge in [0.25, 0.3) is 0 Å². The number of nitrogens with one attached hydrogen (secondary N) is 1. The molecule has 0 fully saturated rings. The zero-order valence-electron chi connectivity index (χ0n) is 10.2. The number of anilines is 2. The summed E-state index contributed by atoms with van der Waals surface area (Å²) in [6.07, 6.45) is 1.68. The lowest BCUT2D eigenvalue weighted by Gasteiger charge is -2.04. The van der Waals surface area contributed by atoms with Crippen molar-refractivity contribution >= 4 is 22.6 Å². The summed E-state index contributed by atoms with van der Waals surface area (Å²) in [5.41, 5.74) is 3.68. The van der Waals surface area contributed by atoms with E-state index >= 15 is 0 Å². The van der Waals surface area contributed by atoms with Crippen molar-refractivity contribution in [2.45, 2.75) is 6.92 Å². The summed E-state index contributed by atoms with van der Waals surface area (Å²) >= 11 is 0. The molecule has 5 heteroatoms. The van der Waals surface area contributed by atoms with E-state index in [1.165, 1.54) is 0 Å². The Morgan fingerprint density at radius 1 is 1.32 bits per heavy atom. The highest BCUT2D eigenvalue weighted by Crippen LogP contribution is 2.24. The summed E-state index contributed by atoms with van der Waals surface area (Å²) < 4.78 is 5.17. The molecule has 92 valence electrons. The third-order valence-corrected chi connectivity index (χ3v) is 2.70. The molecule has 0 aliphatic rings. The number of nitrogens with zero attached hydrogens (tertiary/aromatic N) is 3. The Balaban J connectivity index is 2.02. The molecule has 0 amide bonds. The summed E-state index contributed by atoms with van der Waals surface area (Å²) in [5.74, 6) is 0.546. The van der Waals surface area contributed by atoms with Crippen molar-refractivity contribution in [3.05, 3.63) is 47.7 Å². The Labute approximate surface area is 109 Å². The van der Waals surface area contributed by atoms with Gasteiger partial charge in [-0.3, -0.25) is 0 Å². The fourth-order valence-corrected chi connectivity index (χ4v) is 1.92. The second kappa shape index (κ2) is 4.42. The van der Waals surface area contributed by atoms with Crippen molar-refractivity contribution in [3.63, 3.8) is 0 Å². The fourth-order valence-electron chi connectivity index (χ4n) is 1.92. The van der Waals surface area contributed by atoms with Gasteiger partial charge in [-0.1, -0.05) is 5.16 Å². The largest absolute Gasteiger partial charge is 0.352 e. The van der Waals surface area contributed by atoms with Crippen LogP contribution in [0.25, 0.3) is 11.1 Å². The lowest BCUT2D eigenvalue weighted by Crippen LogP contribution is -1.93. The number of aryl methyl sites for hydroxylation is 1. The second-order valence-corrected chi connectivity index (χ2v) is 4.21. The van der Waals surface area contributed by atoms with Crippen LogP contribution in [0.5, 0.6) is 0 Å². The molecule has 0 bridgehead atoms. The average Bonchev–Trinajstić information content (AvgIpc) is 2.82. The molecule has 0 aliphatic heterocycles. The van der Waals surface area contributed by atoms with Crippen LogP contribution in [0.1, 0.15) is 11.1 Å². The van der Waals surface area contributed by atoms with Gasteiger partial charge in [-0.25, -0.2) is 4.98 Å². The summed E-state index contributed by atoms with van der Waals surface area (Å²) in [7, 11) is 0. The molecule has 2 aromatic heterocycles. The number of pyridine rings is 1. The molecule has 1 N–H and O–H groups in total. The van der Waals surface area contributed by atoms with Crippen molar-refractivity contribution in [3.8, 4) is 6.07 Å². The van der Waals surface area contributed by atoms with Gasteiger partial charge >= 0.3 is 0 Å². The molecule has 3 aromatic rings. The van der Waals surface area contributed by atoms with Crippen molar-refractivity contribution < 1.29 is 4.52 Å². The molecular formula is C14H10N4O. The molecule has 0 saturated heterocycles. The third-order valence-electron chi connectivity index (χ3n) is 2.70. The summed E-state index contributed by atoms with van der Waals surface area (Å²) in [6.45, 7) is 1.94. The molecule has 3 rings (SSSR count). The van der Waals surface area contributed by atoms with Crippen LogP contribution in [0.2, 0.25) is 0 Å². The molecule has 0 spiro atoms. The van der Waals surface area contributed by atoms with E-state index in [0.717, 1.165) is 11.3 Å². The van der Waals surface area contributed by atoms with Crippen LogP contribution in [0, 0.1) is 18.3 Å². The number of hydrogen-bond acceptors (Lipinski definition) is 5. The molecule has 0 saturated carbocycles. The minimum Gasteiger partial charge on any atom is -0.352 e. The van der Waals surface area contributed by atoms with E-state index in [9.17, 15) is 0 Å². The first-order valence-corrected chi connectivity index (χ1v) is 5.75. The number of aromatic nitrogens is 2. The normalized spacial score (nSPS) is 10.3. The van der Waals surface area contributed by atoms with Crippen LogP contribution in [-0.4, -0.2) is 10.1 Å².